The van der Waals surface area contributed by atoms with Gasteiger partial charge in [0, 0.05) is 12.7 Å². The van der Waals surface area contributed by atoms with E-state index in [2.05, 4.69) is 11.9 Å². The summed E-state index contributed by atoms with van der Waals surface area (Å²) in [5.41, 5.74) is 2.33. The molecular weight excluding hydrogens is 194 g/mol. The molecule has 0 aromatic heterocycles. The van der Waals surface area contributed by atoms with Crippen LogP contribution in [0.3, 0.4) is 0 Å². The Hall–Kier alpha value is -2.02. The zero-order valence-corrected chi connectivity index (χ0v) is 9.56. The van der Waals surface area contributed by atoms with E-state index in [9.17, 15) is 0 Å². The molecule has 2 rings (SSSR count). The van der Waals surface area contributed by atoms with Crippen molar-refractivity contribution in [2.75, 3.05) is 12.4 Å². The van der Waals surface area contributed by atoms with Crippen LogP contribution >= 0.6 is 0 Å². The zero-order chi connectivity index (χ0) is 11.6. The minimum atomic E-state index is 1.16. The Morgan fingerprint density at radius 3 is 1.69 bits per heavy atom. The number of nitrogens with one attached hydrogen (secondary N) is 1. The maximum absolute atomic E-state index is 3.63. The van der Waals surface area contributed by atoms with E-state index in [1.807, 2.05) is 73.8 Å². The van der Waals surface area contributed by atoms with Gasteiger partial charge in [-0.15, -0.1) is 0 Å². The second-order valence-corrected chi connectivity index (χ2v) is 3.23. The Balaban J connectivity index is 0.000000160. The fraction of sp³-hybridized carbons (Fsp3) is 0.0667. The molecule has 0 fully saturated rings. The molecule has 0 saturated heterocycles. The molecule has 0 bridgehead atoms. The Labute approximate surface area is 97.4 Å². The highest BCUT2D eigenvalue weighted by Crippen LogP contribution is 2.01. The van der Waals surface area contributed by atoms with Crippen LogP contribution in [0.5, 0.6) is 0 Å². The molecule has 0 radical (unpaired) electrons. The number of benzene rings is 2. The molecule has 0 aliphatic heterocycles. The summed E-state index contributed by atoms with van der Waals surface area (Å²) in [5.74, 6) is 0. The molecule has 2 aromatic carbocycles. The molecule has 1 N–H and O–H groups in total. The van der Waals surface area contributed by atoms with Gasteiger partial charge in [0.1, 0.15) is 0 Å². The summed E-state index contributed by atoms with van der Waals surface area (Å²) in [6, 6.07) is 20.1. The van der Waals surface area contributed by atoms with E-state index in [0.717, 1.165) is 5.69 Å². The molecule has 0 spiro atoms. The molecule has 82 valence electrons. The fourth-order valence-corrected chi connectivity index (χ4v) is 1.19. The lowest BCUT2D eigenvalue weighted by Crippen LogP contribution is -1.84. The predicted octanol–water partition coefficient (Wildman–Crippen LogP) is 4.06. The monoisotopic (exact) mass is 211 g/mol. The van der Waals surface area contributed by atoms with Crippen LogP contribution in [0.25, 0.3) is 6.08 Å². The van der Waals surface area contributed by atoms with Crippen LogP contribution in [0.4, 0.5) is 5.69 Å². The first-order valence-corrected chi connectivity index (χ1v) is 5.27. The normalized spacial score (nSPS) is 8.56. The van der Waals surface area contributed by atoms with Crippen LogP contribution < -0.4 is 5.32 Å². The van der Waals surface area contributed by atoms with Crippen molar-refractivity contribution in [1.82, 2.24) is 0 Å². The maximum Gasteiger partial charge on any atom is 0.0337 e. The molecule has 0 amide bonds. The molecule has 1 heteroatoms. The molecule has 0 aliphatic rings. The SMILES string of the molecule is C=Cc1ccccc1.CNc1ccccc1. The van der Waals surface area contributed by atoms with Crippen LogP contribution in [-0.2, 0) is 0 Å². The first kappa shape index (κ1) is 12.1. The molecule has 0 unspecified atom stereocenters. The Bertz CT molecular complexity index is 392. The average molecular weight is 211 g/mol. The summed E-state index contributed by atoms with van der Waals surface area (Å²) in [5, 5.41) is 3.03. The zero-order valence-electron chi connectivity index (χ0n) is 9.56. The first-order valence-electron chi connectivity index (χ1n) is 5.27. The molecule has 16 heavy (non-hydrogen) atoms. The highest BCUT2D eigenvalue weighted by Gasteiger charge is 1.78. The molecule has 0 atom stereocenters. The van der Waals surface area contributed by atoms with E-state index in [-0.39, 0.29) is 0 Å². The maximum atomic E-state index is 3.63. The second kappa shape index (κ2) is 7.30. The van der Waals surface area contributed by atoms with Gasteiger partial charge in [0.25, 0.3) is 0 Å². The van der Waals surface area contributed by atoms with Crippen molar-refractivity contribution in [2.24, 2.45) is 0 Å². The largest absolute Gasteiger partial charge is 0.388 e. The highest BCUT2D eigenvalue weighted by atomic mass is 14.8. The lowest BCUT2D eigenvalue weighted by atomic mass is 10.2. The van der Waals surface area contributed by atoms with Crippen molar-refractivity contribution >= 4 is 11.8 Å². The quantitative estimate of drug-likeness (QED) is 0.790. The third-order valence-corrected chi connectivity index (χ3v) is 2.10. The summed E-state index contributed by atoms with van der Waals surface area (Å²) in [6.07, 6.45) is 1.83. The van der Waals surface area contributed by atoms with Gasteiger partial charge in [-0.3, -0.25) is 0 Å². The van der Waals surface area contributed by atoms with E-state index >= 15 is 0 Å². The molecular formula is C15H17N. The number of hydrogen-bond acceptors (Lipinski definition) is 1. The summed E-state index contributed by atoms with van der Waals surface area (Å²) in [7, 11) is 1.91. The minimum absolute atomic E-state index is 1.16. The van der Waals surface area contributed by atoms with Crippen LogP contribution in [0.15, 0.2) is 67.2 Å². The van der Waals surface area contributed by atoms with Crippen molar-refractivity contribution in [3.05, 3.63) is 72.8 Å². The predicted molar refractivity (Wildman–Crippen MR) is 72.5 cm³/mol. The van der Waals surface area contributed by atoms with Gasteiger partial charge in [-0.05, 0) is 17.7 Å². The van der Waals surface area contributed by atoms with Gasteiger partial charge >= 0.3 is 0 Å². The third-order valence-electron chi connectivity index (χ3n) is 2.10. The van der Waals surface area contributed by atoms with E-state index in [4.69, 9.17) is 0 Å². The Morgan fingerprint density at radius 1 is 0.875 bits per heavy atom. The number of anilines is 1. The minimum Gasteiger partial charge on any atom is -0.388 e. The van der Waals surface area contributed by atoms with Crippen LogP contribution in [0.2, 0.25) is 0 Å². The van der Waals surface area contributed by atoms with Crippen LogP contribution in [0, 0.1) is 0 Å². The van der Waals surface area contributed by atoms with E-state index in [1.165, 1.54) is 5.56 Å². The van der Waals surface area contributed by atoms with Crippen molar-refractivity contribution in [2.45, 2.75) is 0 Å². The van der Waals surface area contributed by atoms with Gasteiger partial charge in [0.05, 0.1) is 0 Å². The topological polar surface area (TPSA) is 12.0 Å². The lowest BCUT2D eigenvalue weighted by molar-refractivity contribution is 1.51. The summed E-state index contributed by atoms with van der Waals surface area (Å²) >= 11 is 0. The second-order valence-electron chi connectivity index (χ2n) is 3.23. The van der Waals surface area contributed by atoms with Gasteiger partial charge in [-0.25, -0.2) is 0 Å². The van der Waals surface area contributed by atoms with Crippen molar-refractivity contribution < 1.29 is 0 Å². The lowest BCUT2D eigenvalue weighted by Gasteiger charge is -1.94. The van der Waals surface area contributed by atoms with Gasteiger partial charge in [-0.2, -0.15) is 0 Å². The molecule has 0 heterocycles. The van der Waals surface area contributed by atoms with E-state index in [1.54, 1.807) is 0 Å². The molecule has 2 aromatic rings. The Morgan fingerprint density at radius 2 is 1.38 bits per heavy atom. The summed E-state index contributed by atoms with van der Waals surface area (Å²) in [6.45, 7) is 3.63. The first-order chi connectivity index (χ1) is 7.86. The smallest absolute Gasteiger partial charge is 0.0337 e. The van der Waals surface area contributed by atoms with Crippen molar-refractivity contribution in [3.8, 4) is 0 Å². The molecule has 1 nitrogen and oxygen atoms in total. The third kappa shape index (κ3) is 4.47. The standard InChI is InChI=1S/C8H8.C7H9N/c1-2-8-6-4-3-5-7-8;1-8-7-5-3-2-4-6-7/h2-7H,1H2;2-6,8H,1H3. The average Bonchev–Trinajstić information content (AvgIpc) is 2.41. The van der Waals surface area contributed by atoms with Gasteiger partial charge in [-0.1, -0.05) is 61.2 Å². The van der Waals surface area contributed by atoms with Gasteiger partial charge < -0.3 is 5.32 Å². The van der Waals surface area contributed by atoms with Crippen LogP contribution in [-0.4, -0.2) is 7.05 Å². The Kier molecular flexibility index (Phi) is 5.49. The van der Waals surface area contributed by atoms with Gasteiger partial charge in [0.15, 0.2) is 0 Å². The van der Waals surface area contributed by atoms with Crippen molar-refractivity contribution in [1.29, 1.82) is 0 Å². The summed E-state index contributed by atoms with van der Waals surface area (Å²) in [4.78, 5) is 0. The molecule has 0 aliphatic carbocycles. The fourth-order valence-electron chi connectivity index (χ4n) is 1.19. The van der Waals surface area contributed by atoms with E-state index < -0.39 is 0 Å². The molecule has 0 saturated carbocycles. The highest BCUT2D eigenvalue weighted by molar-refractivity contribution is 5.45. The number of para-hydroxylation sites is 1. The van der Waals surface area contributed by atoms with Crippen molar-refractivity contribution in [3.63, 3.8) is 0 Å². The summed E-state index contributed by atoms with van der Waals surface area (Å²) < 4.78 is 0. The van der Waals surface area contributed by atoms with E-state index in [0.29, 0.717) is 0 Å². The number of hydrogen-bond donors (Lipinski definition) is 1. The van der Waals surface area contributed by atoms with Crippen LogP contribution in [0.1, 0.15) is 5.56 Å². The number of rotatable bonds is 2. The van der Waals surface area contributed by atoms with Gasteiger partial charge in [0.2, 0.25) is 0 Å².